The van der Waals surface area contributed by atoms with Crippen molar-refractivity contribution >= 4 is 11.6 Å². The second kappa shape index (κ2) is 9.14. The van der Waals surface area contributed by atoms with Crippen molar-refractivity contribution in [2.75, 3.05) is 5.32 Å². The number of nitrogens with one attached hydrogen (secondary N) is 1. The molecule has 3 N–H and O–H groups in total. The minimum Gasteiger partial charge on any atom is -0.508 e. The van der Waals surface area contributed by atoms with Crippen LogP contribution in [0.2, 0.25) is 0 Å². The van der Waals surface area contributed by atoms with Crippen molar-refractivity contribution in [3.63, 3.8) is 0 Å². The van der Waals surface area contributed by atoms with Crippen LogP contribution in [0.5, 0.6) is 11.5 Å². The SMILES string of the molecule is C[C@@H](c1nc(C(=O)Nc2cnoc2)c(O)c(=O)n1C)[C@H](c1cnn(C)c1)c1ccc(O)cc1C#N. The third kappa shape index (κ3) is 4.34. The monoisotopic (exact) mass is 475 g/mol. The summed E-state index contributed by atoms with van der Waals surface area (Å²) in [6.45, 7) is 1.78. The Morgan fingerprint density at radius 1 is 1.26 bits per heavy atom. The maximum Gasteiger partial charge on any atom is 0.296 e. The summed E-state index contributed by atoms with van der Waals surface area (Å²) in [6.07, 6.45) is 5.85. The van der Waals surface area contributed by atoms with E-state index in [2.05, 4.69) is 31.1 Å². The molecule has 0 bridgehead atoms. The highest BCUT2D eigenvalue weighted by Gasteiger charge is 2.31. The summed E-state index contributed by atoms with van der Waals surface area (Å²) in [4.78, 5) is 30.0. The molecule has 0 saturated carbocycles. The molecule has 0 fully saturated rings. The average molecular weight is 475 g/mol. The standard InChI is InChI=1S/C23H21N7O5/c1-12(18(14-8-25-29(2)10-14)17-5-4-16(31)6-13(17)7-24)21-28-19(20(32)23(34)30(21)3)22(33)27-15-9-26-35-11-15/h4-6,8-12,18,31-32H,1-3H3,(H,27,33)/t12-,18-/m1/s1. The Kier molecular flexibility index (Phi) is 6.07. The summed E-state index contributed by atoms with van der Waals surface area (Å²) in [5.41, 5.74) is 0.478. The molecule has 0 saturated heterocycles. The first-order chi connectivity index (χ1) is 16.7. The Hall–Kier alpha value is -4.92. The second-order valence-corrected chi connectivity index (χ2v) is 8.00. The van der Waals surface area contributed by atoms with Gasteiger partial charge in [0.25, 0.3) is 11.5 Å². The number of aryl methyl sites for hydroxylation is 1. The zero-order valence-corrected chi connectivity index (χ0v) is 19.0. The molecule has 0 radical (unpaired) electrons. The van der Waals surface area contributed by atoms with E-state index in [-0.39, 0.29) is 22.8 Å². The lowest BCUT2D eigenvalue weighted by Gasteiger charge is -2.26. The van der Waals surface area contributed by atoms with E-state index in [4.69, 9.17) is 0 Å². The van der Waals surface area contributed by atoms with Crippen LogP contribution in [-0.4, -0.2) is 40.6 Å². The summed E-state index contributed by atoms with van der Waals surface area (Å²) in [5.74, 6) is -2.61. The van der Waals surface area contributed by atoms with Gasteiger partial charge in [-0.1, -0.05) is 18.1 Å². The van der Waals surface area contributed by atoms with Crippen LogP contribution in [0.25, 0.3) is 0 Å². The molecule has 0 aliphatic heterocycles. The van der Waals surface area contributed by atoms with Gasteiger partial charge < -0.3 is 20.1 Å². The molecule has 0 aliphatic rings. The normalized spacial score (nSPS) is 12.6. The molecule has 0 spiro atoms. The highest BCUT2D eigenvalue weighted by Crippen LogP contribution is 2.39. The number of phenols is 1. The van der Waals surface area contributed by atoms with Crippen molar-refractivity contribution in [1.29, 1.82) is 5.26 Å². The first kappa shape index (κ1) is 23.2. The molecule has 1 amide bonds. The fourth-order valence-corrected chi connectivity index (χ4v) is 4.03. The number of nitriles is 1. The highest BCUT2D eigenvalue weighted by atomic mass is 16.5. The van der Waals surface area contributed by atoms with Gasteiger partial charge in [0, 0.05) is 32.1 Å². The van der Waals surface area contributed by atoms with Crippen molar-refractivity contribution in [1.82, 2.24) is 24.5 Å². The summed E-state index contributed by atoms with van der Waals surface area (Å²) >= 11 is 0. The van der Waals surface area contributed by atoms with Crippen molar-refractivity contribution in [3.8, 4) is 17.6 Å². The summed E-state index contributed by atoms with van der Waals surface area (Å²) in [5, 5.41) is 40.2. The number of aromatic hydroxyl groups is 2. The Balaban J connectivity index is 1.86. The van der Waals surface area contributed by atoms with Crippen LogP contribution in [0.4, 0.5) is 5.69 Å². The average Bonchev–Trinajstić information content (AvgIpc) is 3.50. The Morgan fingerprint density at radius 3 is 2.66 bits per heavy atom. The van der Waals surface area contributed by atoms with Gasteiger partial charge in [0.15, 0.2) is 5.69 Å². The molecule has 4 rings (SSSR count). The van der Waals surface area contributed by atoms with Crippen LogP contribution in [0, 0.1) is 11.3 Å². The van der Waals surface area contributed by atoms with E-state index in [0.717, 1.165) is 10.1 Å². The molecule has 0 aliphatic carbocycles. The smallest absolute Gasteiger partial charge is 0.296 e. The molecular formula is C23H21N7O5. The number of carbonyl (C=O) groups is 1. The molecule has 2 atom stereocenters. The Morgan fingerprint density at radius 2 is 2.03 bits per heavy atom. The lowest BCUT2D eigenvalue weighted by atomic mass is 9.80. The zero-order valence-electron chi connectivity index (χ0n) is 19.0. The van der Waals surface area contributed by atoms with E-state index in [1.54, 1.807) is 37.1 Å². The third-order valence-corrected chi connectivity index (χ3v) is 5.69. The maximum atomic E-state index is 12.8. The number of benzene rings is 1. The molecule has 12 heteroatoms. The topological polar surface area (TPSA) is 172 Å². The number of phenolic OH excluding ortho intramolecular Hbond substituents is 1. The zero-order chi connectivity index (χ0) is 25.3. The fourth-order valence-electron chi connectivity index (χ4n) is 4.03. The molecule has 3 aromatic heterocycles. The number of carbonyl (C=O) groups excluding carboxylic acids is 1. The van der Waals surface area contributed by atoms with Gasteiger partial charge in [0.2, 0.25) is 5.75 Å². The minimum atomic E-state index is -0.822. The van der Waals surface area contributed by atoms with Crippen molar-refractivity contribution < 1.29 is 19.5 Å². The van der Waals surface area contributed by atoms with Gasteiger partial charge in [-0.3, -0.25) is 18.8 Å². The quantitative estimate of drug-likeness (QED) is 0.377. The van der Waals surface area contributed by atoms with Crippen molar-refractivity contribution in [3.05, 3.63) is 81.6 Å². The van der Waals surface area contributed by atoms with E-state index in [1.807, 2.05) is 0 Å². The van der Waals surface area contributed by atoms with Gasteiger partial charge in [-0.05, 0) is 23.3 Å². The van der Waals surface area contributed by atoms with Gasteiger partial charge in [-0.15, -0.1) is 0 Å². The van der Waals surface area contributed by atoms with Gasteiger partial charge in [-0.25, -0.2) is 4.98 Å². The van der Waals surface area contributed by atoms with E-state index in [9.17, 15) is 25.1 Å². The molecule has 12 nitrogen and oxygen atoms in total. The van der Waals surface area contributed by atoms with Crippen molar-refractivity contribution in [2.45, 2.75) is 18.8 Å². The van der Waals surface area contributed by atoms with Crippen LogP contribution < -0.4 is 10.9 Å². The van der Waals surface area contributed by atoms with Gasteiger partial charge >= 0.3 is 0 Å². The largest absolute Gasteiger partial charge is 0.508 e. The number of aromatic nitrogens is 5. The van der Waals surface area contributed by atoms with Crippen LogP contribution in [-0.2, 0) is 14.1 Å². The molecule has 178 valence electrons. The first-order valence-electron chi connectivity index (χ1n) is 10.4. The van der Waals surface area contributed by atoms with Crippen molar-refractivity contribution in [2.24, 2.45) is 14.1 Å². The highest BCUT2D eigenvalue weighted by molar-refractivity contribution is 6.04. The van der Waals surface area contributed by atoms with Gasteiger partial charge in [-0.2, -0.15) is 10.4 Å². The summed E-state index contributed by atoms with van der Waals surface area (Å²) in [6, 6.07) is 6.54. The number of hydrogen-bond acceptors (Lipinski definition) is 9. The lowest BCUT2D eigenvalue weighted by Crippen LogP contribution is -2.29. The number of rotatable bonds is 6. The first-order valence-corrected chi connectivity index (χ1v) is 10.4. The van der Waals surface area contributed by atoms with E-state index < -0.39 is 34.7 Å². The van der Waals surface area contributed by atoms with E-state index in [0.29, 0.717) is 5.56 Å². The van der Waals surface area contributed by atoms with Crippen LogP contribution in [0.1, 0.15) is 51.8 Å². The predicted octanol–water partition coefficient (Wildman–Crippen LogP) is 1.97. The predicted molar refractivity (Wildman–Crippen MR) is 122 cm³/mol. The molecule has 0 unspecified atom stereocenters. The number of anilines is 1. The second-order valence-electron chi connectivity index (χ2n) is 8.00. The summed E-state index contributed by atoms with van der Waals surface area (Å²) < 4.78 is 7.44. The number of hydrogen-bond donors (Lipinski definition) is 3. The Labute approximate surface area is 198 Å². The molecule has 35 heavy (non-hydrogen) atoms. The molecular weight excluding hydrogens is 454 g/mol. The number of amides is 1. The minimum absolute atomic E-state index is 0.0641. The van der Waals surface area contributed by atoms with E-state index >= 15 is 0 Å². The van der Waals surface area contributed by atoms with Crippen LogP contribution in [0.15, 0.2) is 52.4 Å². The van der Waals surface area contributed by atoms with E-state index in [1.165, 1.54) is 31.6 Å². The molecule has 3 heterocycles. The van der Waals surface area contributed by atoms with Gasteiger partial charge in [0.05, 0.1) is 24.0 Å². The summed E-state index contributed by atoms with van der Waals surface area (Å²) in [7, 11) is 3.18. The number of nitrogens with zero attached hydrogens (tertiary/aromatic N) is 6. The molecule has 4 aromatic rings. The Bertz CT molecular complexity index is 1500. The fraction of sp³-hybridized carbons (Fsp3) is 0.217. The maximum absolute atomic E-state index is 12.8. The molecule has 1 aromatic carbocycles. The van der Waals surface area contributed by atoms with Crippen LogP contribution >= 0.6 is 0 Å². The van der Waals surface area contributed by atoms with Crippen LogP contribution in [0.3, 0.4) is 0 Å². The third-order valence-electron chi connectivity index (χ3n) is 5.69. The lowest BCUT2D eigenvalue weighted by molar-refractivity contribution is 0.101. The van der Waals surface area contributed by atoms with Gasteiger partial charge in [0.1, 0.15) is 23.5 Å².